The normalized spacial score (nSPS) is 40.8. The minimum atomic E-state index is -1.39. The van der Waals surface area contributed by atoms with Crippen LogP contribution in [0.1, 0.15) is 40.5 Å². The second-order valence-electron chi connectivity index (χ2n) is 7.45. The molecule has 2 fully saturated rings. The van der Waals surface area contributed by atoms with Crippen molar-refractivity contribution < 1.29 is 24.2 Å². The van der Waals surface area contributed by atoms with Crippen LogP contribution in [0.2, 0.25) is 0 Å². The van der Waals surface area contributed by atoms with Crippen LogP contribution in [0.5, 0.6) is 0 Å². The summed E-state index contributed by atoms with van der Waals surface area (Å²) in [6.07, 6.45) is 3.78. The highest BCUT2D eigenvalue weighted by Crippen LogP contribution is 2.56. The van der Waals surface area contributed by atoms with Crippen LogP contribution < -0.4 is 0 Å². The van der Waals surface area contributed by atoms with Crippen molar-refractivity contribution in [1.82, 2.24) is 0 Å². The molecule has 1 aliphatic heterocycles. The minimum absolute atomic E-state index is 0.306. The Balaban J connectivity index is 2.09. The molecule has 0 aromatic heterocycles. The fourth-order valence-electron chi connectivity index (χ4n) is 4.51. The maximum atomic E-state index is 12.4. The van der Waals surface area contributed by atoms with Crippen LogP contribution in [0.3, 0.4) is 0 Å². The summed E-state index contributed by atoms with van der Waals surface area (Å²) in [5.74, 6) is -2.05. The van der Waals surface area contributed by atoms with E-state index >= 15 is 0 Å². The molecule has 0 radical (unpaired) electrons. The molecule has 1 saturated heterocycles. The maximum Gasteiger partial charge on any atom is 0.333 e. The molecule has 0 bridgehead atoms. The van der Waals surface area contributed by atoms with Gasteiger partial charge in [-0.2, -0.15) is 0 Å². The Hall–Kier alpha value is -1.88. The standard InChI is InChI=1S/C20H26O5/c1-6-10(2)18(21)25-17-14-13(5)19(22)24-16(14)15-11(3)8-7-9-12(4)20(15,17)23/h6,9,13-17,23H,3,7-8H2,1-2,4-5H3/b10-6-/t13-,14+,15+,16-,17-,20+/m1/s1. The third kappa shape index (κ3) is 2.48. The van der Waals surface area contributed by atoms with E-state index in [1.54, 1.807) is 26.8 Å². The highest BCUT2D eigenvalue weighted by atomic mass is 16.6. The molecule has 1 heterocycles. The summed E-state index contributed by atoms with van der Waals surface area (Å²) >= 11 is 0. The monoisotopic (exact) mass is 346 g/mol. The van der Waals surface area contributed by atoms with Crippen LogP contribution >= 0.6 is 0 Å². The van der Waals surface area contributed by atoms with Crippen LogP contribution in [-0.4, -0.2) is 34.9 Å². The molecule has 5 nitrogen and oxygen atoms in total. The zero-order valence-electron chi connectivity index (χ0n) is 15.2. The summed E-state index contributed by atoms with van der Waals surface area (Å²) in [5, 5.41) is 11.7. The molecule has 3 aliphatic rings. The lowest BCUT2D eigenvalue weighted by molar-refractivity contribution is -0.162. The smallest absolute Gasteiger partial charge is 0.333 e. The molecule has 0 aromatic rings. The Bertz CT molecular complexity index is 688. The van der Waals surface area contributed by atoms with Crippen molar-refractivity contribution in [3.05, 3.63) is 35.5 Å². The molecule has 0 spiro atoms. The van der Waals surface area contributed by atoms with E-state index in [-0.39, 0.29) is 11.9 Å². The number of esters is 2. The van der Waals surface area contributed by atoms with E-state index in [9.17, 15) is 14.7 Å². The lowest BCUT2D eigenvalue weighted by Gasteiger charge is -2.37. The molecule has 25 heavy (non-hydrogen) atoms. The molecule has 136 valence electrons. The molecule has 1 saturated carbocycles. The molecule has 6 atom stereocenters. The number of hydrogen-bond acceptors (Lipinski definition) is 5. The highest BCUT2D eigenvalue weighted by molar-refractivity contribution is 5.88. The summed E-state index contributed by atoms with van der Waals surface area (Å²) in [6.45, 7) is 11.2. The molecular formula is C20H26O5. The molecule has 3 rings (SSSR count). The minimum Gasteiger partial charge on any atom is -0.461 e. The van der Waals surface area contributed by atoms with Crippen molar-refractivity contribution >= 4 is 11.9 Å². The number of rotatable bonds is 2. The number of fused-ring (bicyclic) bond motifs is 3. The highest BCUT2D eigenvalue weighted by Gasteiger charge is 2.69. The summed E-state index contributed by atoms with van der Waals surface area (Å²) in [6, 6.07) is 0. The first-order valence-corrected chi connectivity index (χ1v) is 8.85. The Kier molecular flexibility index (Phi) is 4.40. The summed E-state index contributed by atoms with van der Waals surface area (Å²) in [4.78, 5) is 24.6. The van der Waals surface area contributed by atoms with Crippen LogP contribution in [0, 0.1) is 17.8 Å². The van der Waals surface area contributed by atoms with Crippen LogP contribution in [0.25, 0.3) is 0 Å². The summed E-state index contributed by atoms with van der Waals surface area (Å²) < 4.78 is 11.4. The van der Waals surface area contributed by atoms with Gasteiger partial charge in [0.15, 0.2) is 0 Å². The summed E-state index contributed by atoms with van der Waals surface area (Å²) in [5.41, 5.74) is 0.677. The molecule has 1 N–H and O–H groups in total. The Labute approximate surface area is 148 Å². The number of carbonyl (C=O) groups excluding carboxylic acids is 2. The average molecular weight is 346 g/mol. The van der Waals surface area contributed by atoms with E-state index in [1.807, 2.05) is 13.0 Å². The van der Waals surface area contributed by atoms with Gasteiger partial charge in [-0.3, -0.25) is 4.79 Å². The van der Waals surface area contributed by atoms with Gasteiger partial charge in [0.05, 0.1) is 17.8 Å². The van der Waals surface area contributed by atoms with Gasteiger partial charge in [-0.1, -0.05) is 31.2 Å². The SMILES string of the molecule is C=C1CCC=C(C)[C@@]2(O)[C@H](OC(=O)/C(C)=C\C)[C@@H]3[C@@H](OC(=O)[C@@H]3C)[C@H]12. The van der Waals surface area contributed by atoms with E-state index in [1.165, 1.54) is 0 Å². The van der Waals surface area contributed by atoms with E-state index < -0.39 is 35.6 Å². The van der Waals surface area contributed by atoms with Crippen molar-refractivity contribution in [2.45, 2.75) is 58.3 Å². The summed E-state index contributed by atoms with van der Waals surface area (Å²) in [7, 11) is 0. The predicted octanol–water partition coefficient (Wildman–Crippen LogP) is 2.70. The largest absolute Gasteiger partial charge is 0.461 e. The van der Waals surface area contributed by atoms with Crippen molar-refractivity contribution in [3.8, 4) is 0 Å². The van der Waals surface area contributed by atoms with E-state index in [0.29, 0.717) is 12.0 Å². The lowest BCUT2D eigenvalue weighted by Crippen LogP contribution is -2.50. The van der Waals surface area contributed by atoms with Gasteiger partial charge in [0.25, 0.3) is 0 Å². The van der Waals surface area contributed by atoms with E-state index in [4.69, 9.17) is 9.47 Å². The Morgan fingerprint density at radius 2 is 2.20 bits per heavy atom. The van der Waals surface area contributed by atoms with Gasteiger partial charge in [-0.25, -0.2) is 4.79 Å². The van der Waals surface area contributed by atoms with Crippen molar-refractivity contribution in [2.75, 3.05) is 0 Å². The fraction of sp³-hybridized carbons (Fsp3) is 0.600. The number of carbonyl (C=O) groups is 2. The van der Waals surface area contributed by atoms with Crippen molar-refractivity contribution in [1.29, 1.82) is 0 Å². The molecule has 0 amide bonds. The van der Waals surface area contributed by atoms with Crippen LogP contribution in [0.4, 0.5) is 0 Å². The van der Waals surface area contributed by atoms with Gasteiger partial charge in [-0.15, -0.1) is 0 Å². The van der Waals surface area contributed by atoms with Gasteiger partial charge in [0.1, 0.15) is 17.8 Å². The second kappa shape index (κ2) is 6.13. The third-order valence-electron chi connectivity index (χ3n) is 6.14. The maximum absolute atomic E-state index is 12.4. The van der Waals surface area contributed by atoms with Gasteiger partial charge in [0.2, 0.25) is 0 Å². The predicted molar refractivity (Wildman–Crippen MR) is 92.4 cm³/mol. The molecule has 2 aliphatic carbocycles. The first kappa shape index (κ1) is 17.9. The topological polar surface area (TPSA) is 72.8 Å². The fourth-order valence-corrected chi connectivity index (χ4v) is 4.51. The molecule has 0 aromatic carbocycles. The van der Waals surface area contributed by atoms with Gasteiger partial charge < -0.3 is 14.6 Å². The lowest BCUT2D eigenvalue weighted by atomic mass is 9.79. The first-order valence-electron chi connectivity index (χ1n) is 8.85. The second-order valence-corrected chi connectivity index (χ2v) is 7.45. The van der Waals surface area contributed by atoms with Crippen LogP contribution in [-0.2, 0) is 19.1 Å². The number of hydrogen-bond donors (Lipinski definition) is 1. The number of allylic oxidation sites excluding steroid dienone is 2. The van der Waals surface area contributed by atoms with E-state index in [2.05, 4.69) is 6.58 Å². The Morgan fingerprint density at radius 1 is 1.52 bits per heavy atom. The van der Waals surface area contributed by atoms with Gasteiger partial charge in [-0.05, 0) is 39.2 Å². The first-order chi connectivity index (χ1) is 11.7. The zero-order valence-corrected chi connectivity index (χ0v) is 15.2. The van der Waals surface area contributed by atoms with Crippen LogP contribution in [0.15, 0.2) is 35.5 Å². The zero-order chi connectivity index (χ0) is 18.5. The quantitative estimate of drug-likeness (QED) is 0.473. The number of aliphatic hydroxyl groups is 1. The van der Waals surface area contributed by atoms with Crippen molar-refractivity contribution in [3.63, 3.8) is 0 Å². The van der Waals surface area contributed by atoms with Crippen molar-refractivity contribution in [2.24, 2.45) is 17.8 Å². The molecular weight excluding hydrogens is 320 g/mol. The molecule has 5 heteroatoms. The van der Waals surface area contributed by atoms with E-state index in [0.717, 1.165) is 17.6 Å². The third-order valence-corrected chi connectivity index (χ3v) is 6.14. The van der Waals surface area contributed by atoms with Gasteiger partial charge in [0, 0.05) is 5.57 Å². The Morgan fingerprint density at radius 3 is 2.84 bits per heavy atom. The molecule has 0 unspecified atom stereocenters. The van der Waals surface area contributed by atoms with Gasteiger partial charge >= 0.3 is 11.9 Å². The average Bonchev–Trinajstić information content (AvgIpc) is 2.94. The number of ether oxygens (including phenoxy) is 2.